The molecule has 0 aliphatic heterocycles. The predicted octanol–water partition coefficient (Wildman–Crippen LogP) is 5.22. The zero-order valence-corrected chi connectivity index (χ0v) is 16.3. The van der Waals surface area contributed by atoms with Gasteiger partial charge >= 0.3 is 0 Å². The molecule has 2 aromatic carbocycles. The monoisotopic (exact) mass is 398 g/mol. The smallest absolute Gasteiger partial charge is 0.266 e. The van der Waals surface area contributed by atoms with Crippen LogP contribution in [0.4, 0.5) is 0 Å². The number of rotatable bonds is 4. The minimum Gasteiger partial charge on any atom is -0.507 e. The van der Waals surface area contributed by atoms with E-state index in [4.69, 9.17) is 17.3 Å². The molecule has 138 valence electrons. The lowest BCUT2D eigenvalue weighted by Crippen LogP contribution is -2.11. The van der Waals surface area contributed by atoms with Crippen LogP contribution in [0.15, 0.2) is 46.6 Å². The summed E-state index contributed by atoms with van der Waals surface area (Å²) in [7, 11) is 0. The molecular weight excluding hydrogens is 380 g/mol. The van der Waals surface area contributed by atoms with Gasteiger partial charge in [-0.1, -0.05) is 42.8 Å². The Labute approximate surface area is 165 Å². The van der Waals surface area contributed by atoms with Crippen LogP contribution in [0.1, 0.15) is 24.8 Å². The zero-order chi connectivity index (χ0) is 19.1. The van der Waals surface area contributed by atoms with Gasteiger partial charge in [-0.15, -0.1) is 11.3 Å². The second kappa shape index (κ2) is 7.00. The summed E-state index contributed by atoms with van der Waals surface area (Å²) in [5, 5.41) is 14.4. The van der Waals surface area contributed by atoms with Crippen molar-refractivity contribution < 1.29 is 5.11 Å². The van der Waals surface area contributed by atoms with Crippen molar-refractivity contribution in [3.63, 3.8) is 0 Å². The third-order valence-corrected chi connectivity index (χ3v) is 6.30. The summed E-state index contributed by atoms with van der Waals surface area (Å²) in [5.41, 5.74) is 8.94. The van der Waals surface area contributed by atoms with Gasteiger partial charge in [0.05, 0.1) is 10.5 Å². The summed E-state index contributed by atoms with van der Waals surface area (Å²) in [6.07, 6.45) is 0.974. The number of fused-ring (bicyclic) bond motifs is 3. The van der Waals surface area contributed by atoms with E-state index in [0.29, 0.717) is 33.3 Å². The first-order chi connectivity index (χ1) is 13.0. The molecule has 6 heteroatoms. The number of phenols is 1. The van der Waals surface area contributed by atoms with Gasteiger partial charge in [0, 0.05) is 22.4 Å². The molecule has 27 heavy (non-hydrogen) atoms. The topological polar surface area (TPSA) is 79.1 Å². The lowest BCUT2D eigenvalue weighted by Gasteiger charge is -2.15. The van der Waals surface area contributed by atoms with Gasteiger partial charge in [0.25, 0.3) is 5.56 Å². The van der Waals surface area contributed by atoms with E-state index in [1.807, 2.05) is 35.7 Å². The molecule has 0 bridgehead atoms. The van der Waals surface area contributed by atoms with E-state index >= 15 is 0 Å². The Morgan fingerprint density at radius 1 is 1.26 bits per heavy atom. The Morgan fingerprint density at radius 3 is 2.67 bits per heavy atom. The van der Waals surface area contributed by atoms with Crippen LogP contribution in [0.3, 0.4) is 0 Å². The fourth-order valence-electron chi connectivity index (χ4n) is 3.63. The highest BCUT2D eigenvalue weighted by atomic mass is 35.5. The van der Waals surface area contributed by atoms with E-state index in [0.717, 1.165) is 22.8 Å². The molecule has 0 radical (unpaired) electrons. The molecule has 0 spiro atoms. The highest BCUT2D eigenvalue weighted by Gasteiger charge is 2.18. The number of benzene rings is 2. The Morgan fingerprint density at radius 2 is 2.00 bits per heavy atom. The van der Waals surface area contributed by atoms with Crippen LogP contribution in [0, 0.1) is 0 Å². The molecule has 0 aliphatic rings. The third-order valence-electron chi connectivity index (χ3n) is 5.09. The highest BCUT2D eigenvalue weighted by molar-refractivity contribution is 7.17. The first kappa shape index (κ1) is 18.0. The van der Waals surface area contributed by atoms with Gasteiger partial charge < -0.3 is 15.8 Å². The van der Waals surface area contributed by atoms with E-state index in [1.54, 1.807) is 0 Å². The molecule has 1 atom stereocenters. The largest absolute Gasteiger partial charge is 0.507 e. The van der Waals surface area contributed by atoms with Gasteiger partial charge in [0.1, 0.15) is 10.4 Å². The Kier molecular flexibility index (Phi) is 4.68. The number of pyridine rings is 1. The standard InChI is InChI=1S/C21H19ClN2O2S/c1-2-11(10-23)12-3-5-13(6-4-12)17-16(25)9-15(22)19-18(17)14-7-8-27-20(14)21(26)24-19/h3-9,11,25H,2,10,23H2,1H3,(H,24,26). The van der Waals surface area contributed by atoms with Gasteiger partial charge in [-0.25, -0.2) is 0 Å². The molecule has 4 N–H and O–H groups in total. The maximum atomic E-state index is 12.3. The number of nitrogens with one attached hydrogen (secondary N) is 1. The fraction of sp³-hybridized carbons (Fsp3) is 0.190. The van der Waals surface area contributed by atoms with E-state index in [9.17, 15) is 9.90 Å². The third kappa shape index (κ3) is 2.92. The molecule has 4 aromatic rings. The first-order valence-electron chi connectivity index (χ1n) is 8.80. The van der Waals surface area contributed by atoms with Crippen LogP contribution in [0.2, 0.25) is 5.02 Å². The summed E-state index contributed by atoms with van der Waals surface area (Å²) >= 11 is 7.70. The second-order valence-corrected chi connectivity index (χ2v) is 7.91. The number of halogens is 1. The van der Waals surface area contributed by atoms with Crippen molar-refractivity contribution in [2.45, 2.75) is 19.3 Å². The number of phenolic OH excluding ortho intramolecular Hbond substituents is 1. The van der Waals surface area contributed by atoms with Crippen molar-refractivity contribution in [3.05, 3.63) is 62.7 Å². The SMILES string of the molecule is CCC(CN)c1ccc(-c2c(O)cc(Cl)c3[nH]c(=O)c4sccc4c23)cc1. The van der Waals surface area contributed by atoms with Crippen LogP contribution >= 0.6 is 22.9 Å². The van der Waals surface area contributed by atoms with Gasteiger partial charge in [-0.3, -0.25) is 4.79 Å². The molecule has 4 rings (SSSR count). The molecule has 4 nitrogen and oxygen atoms in total. The normalized spacial score (nSPS) is 12.7. The minimum atomic E-state index is -0.171. The fourth-order valence-corrected chi connectivity index (χ4v) is 4.67. The molecule has 2 heterocycles. The van der Waals surface area contributed by atoms with Gasteiger partial charge in [-0.2, -0.15) is 0 Å². The average Bonchev–Trinajstić information content (AvgIpc) is 3.15. The second-order valence-electron chi connectivity index (χ2n) is 6.58. The first-order valence-corrected chi connectivity index (χ1v) is 10.1. The number of H-pyrrole nitrogens is 1. The number of nitrogens with two attached hydrogens (primary N) is 1. The van der Waals surface area contributed by atoms with Gasteiger partial charge in [-0.05, 0) is 41.5 Å². The van der Waals surface area contributed by atoms with Crippen LogP contribution in [0.5, 0.6) is 5.75 Å². The van der Waals surface area contributed by atoms with Crippen molar-refractivity contribution in [2.24, 2.45) is 5.73 Å². The molecule has 0 amide bonds. The Hall–Kier alpha value is -2.34. The van der Waals surface area contributed by atoms with Crippen LogP contribution in [-0.4, -0.2) is 16.6 Å². The summed E-state index contributed by atoms with van der Waals surface area (Å²) in [5.74, 6) is 0.403. The van der Waals surface area contributed by atoms with Crippen molar-refractivity contribution in [1.29, 1.82) is 0 Å². The Bertz CT molecular complexity index is 1190. The van der Waals surface area contributed by atoms with E-state index < -0.39 is 0 Å². The molecule has 2 aromatic heterocycles. The number of thiophene rings is 1. The van der Waals surface area contributed by atoms with Crippen LogP contribution in [0.25, 0.3) is 32.1 Å². The average molecular weight is 399 g/mol. The van der Waals surface area contributed by atoms with Crippen molar-refractivity contribution in [1.82, 2.24) is 4.98 Å². The van der Waals surface area contributed by atoms with Crippen LogP contribution < -0.4 is 11.3 Å². The van der Waals surface area contributed by atoms with Crippen molar-refractivity contribution in [2.75, 3.05) is 6.54 Å². The minimum absolute atomic E-state index is 0.0886. The molecule has 0 saturated heterocycles. The molecule has 0 fully saturated rings. The van der Waals surface area contributed by atoms with E-state index in [1.165, 1.54) is 23.0 Å². The van der Waals surface area contributed by atoms with E-state index in [-0.39, 0.29) is 11.3 Å². The molecule has 1 unspecified atom stereocenters. The Balaban J connectivity index is 2.02. The number of aromatic hydroxyl groups is 1. The predicted molar refractivity (Wildman–Crippen MR) is 114 cm³/mol. The number of hydrogen-bond acceptors (Lipinski definition) is 4. The maximum absolute atomic E-state index is 12.3. The quantitative estimate of drug-likeness (QED) is 0.441. The molecule has 0 aliphatic carbocycles. The van der Waals surface area contributed by atoms with Gasteiger partial charge in [0.15, 0.2) is 0 Å². The maximum Gasteiger partial charge on any atom is 0.266 e. The number of hydrogen-bond donors (Lipinski definition) is 3. The summed E-state index contributed by atoms with van der Waals surface area (Å²) in [6, 6.07) is 11.4. The van der Waals surface area contributed by atoms with E-state index in [2.05, 4.69) is 11.9 Å². The summed E-state index contributed by atoms with van der Waals surface area (Å²) in [4.78, 5) is 15.2. The van der Waals surface area contributed by atoms with Gasteiger partial charge in [0.2, 0.25) is 0 Å². The molecular formula is C21H19ClN2O2S. The lowest BCUT2D eigenvalue weighted by atomic mass is 9.92. The van der Waals surface area contributed by atoms with Crippen LogP contribution in [-0.2, 0) is 0 Å². The molecule has 0 saturated carbocycles. The van der Waals surface area contributed by atoms with Crippen molar-refractivity contribution >= 4 is 43.9 Å². The number of aromatic nitrogens is 1. The summed E-state index contributed by atoms with van der Waals surface area (Å²) < 4.78 is 0.621. The lowest BCUT2D eigenvalue weighted by molar-refractivity contribution is 0.478. The highest BCUT2D eigenvalue weighted by Crippen LogP contribution is 2.42. The van der Waals surface area contributed by atoms with Crippen molar-refractivity contribution in [3.8, 4) is 16.9 Å². The number of aromatic amines is 1. The summed E-state index contributed by atoms with van der Waals surface area (Å²) in [6.45, 7) is 2.72. The zero-order valence-electron chi connectivity index (χ0n) is 14.8.